The maximum atomic E-state index is 13.9. The fourth-order valence-electron chi connectivity index (χ4n) is 2.05. The molecule has 0 atom stereocenters. The van der Waals surface area contributed by atoms with Crippen molar-refractivity contribution >= 4 is 11.3 Å². The Morgan fingerprint density at radius 3 is 2.62 bits per heavy atom. The second kappa shape index (κ2) is 5.47. The molecule has 0 unspecified atom stereocenters. The van der Waals surface area contributed by atoms with Gasteiger partial charge in [-0.3, -0.25) is 0 Å². The normalized spacial score (nSPS) is 10.3. The van der Waals surface area contributed by atoms with Crippen LogP contribution >= 0.6 is 11.3 Å². The number of aromatic nitrogens is 1. The highest BCUT2D eigenvalue weighted by atomic mass is 32.1. The highest BCUT2D eigenvalue weighted by Crippen LogP contribution is 2.31. The smallest absolute Gasteiger partial charge is 0.133 e. The van der Waals surface area contributed by atoms with Gasteiger partial charge in [0.25, 0.3) is 0 Å². The van der Waals surface area contributed by atoms with Crippen LogP contribution in [-0.2, 0) is 0 Å². The van der Waals surface area contributed by atoms with E-state index in [1.165, 1.54) is 17.4 Å². The van der Waals surface area contributed by atoms with Crippen molar-refractivity contribution in [3.8, 4) is 27.9 Å². The molecule has 21 heavy (non-hydrogen) atoms. The minimum Gasteiger partial charge on any atom is -0.236 e. The molecule has 1 aromatic heterocycles. The van der Waals surface area contributed by atoms with Crippen molar-refractivity contribution in [2.75, 3.05) is 0 Å². The maximum absolute atomic E-state index is 13.9. The van der Waals surface area contributed by atoms with Crippen LogP contribution in [0.4, 0.5) is 4.39 Å². The van der Waals surface area contributed by atoms with Crippen molar-refractivity contribution in [2.24, 2.45) is 0 Å². The lowest BCUT2D eigenvalue weighted by atomic mass is 10.1. The molecule has 0 saturated heterocycles. The van der Waals surface area contributed by atoms with Crippen LogP contribution in [0.2, 0.25) is 0 Å². The number of rotatable bonds is 2. The van der Waals surface area contributed by atoms with Gasteiger partial charge < -0.3 is 0 Å². The molecule has 0 aliphatic carbocycles. The third-order valence-corrected chi connectivity index (χ3v) is 4.04. The Morgan fingerprint density at radius 2 is 1.90 bits per heavy atom. The third-order valence-electron chi connectivity index (χ3n) is 3.17. The number of hydrogen-bond acceptors (Lipinski definition) is 3. The molecule has 0 bridgehead atoms. The summed E-state index contributed by atoms with van der Waals surface area (Å²) in [5.41, 5.74) is 3.85. The first-order valence-corrected chi connectivity index (χ1v) is 7.28. The molecule has 0 aliphatic rings. The zero-order valence-electron chi connectivity index (χ0n) is 11.3. The van der Waals surface area contributed by atoms with E-state index in [1.54, 1.807) is 24.3 Å². The monoisotopic (exact) mass is 294 g/mol. The van der Waals surface area contributed by atoms with Gasteiger partial charge in [0.1, 0.15) is 10.8 Å². The van der Waals surface area contributed by atoms with Gasteiger partial charge in [-0.2, -0.15) is 5.26 Å². The predicted molar refractivity (Wildman–Crippen MR) is 82.4 cm³/mol. The first-order chi connectivity index (χ1) is 10.2. The number of aryl methyl sites for hydroxylation is 1. The summed E-state index contributed by atoms with van der Waals surface area (Å²) in [6.45, 7) is 1.93. The Morgan fingerprint density at radius 1 is 1.14 bits per heavy atom. The van der Waals surface area contributed by atoms with Gasteiger partial charge in [0.05, 0.1) is 17.3 Å². The van der Waals surface area contributed by atoms with Crippen LogP contribution < -0.4 is 0 Å². The average molecular weight is 294 g/mol. The molecule has 0 N–H and O–H groups in total. The first kappa shape index (κ1) is 13.5. The molecule has 0 saturated carbocycles. The lowest BCUT2D eigenvalue weighted by molar-refractivity contribution is 0.631. The second-order valence-electron chi connectivity index (χ2n) is 4.71. The molecule has 0 radical (unpaired) electrons. The van der Waals surface area contributed by atoms with Crippen LogP contribution in [0, 0.1) is 24.1 Å². The fourth-order valence-corrected chi connectivity index (χ4v) is 2.90. The Balaban J connectivity index is 1.99. The minimum atomic E-state index is -0.263. The van der Waals surface area contributed by atoms with Crippen molar-refractivity contribution in [2.45, 2.75) is 6.92 Å². The summed E-state index contributed by atoms with van der Waals surface area (Å²) in [7, 11) is 0. The van der Waals surface area contributed by atoms with Gasteiger partial charge in [0.2, 0.25) is 0 Å². The van der Waals surface area contributed by atoms with Gasteiger partial charge in [-0.1, -0.05) is 23.8 Å². The lowest BCUT2D eigenvalue weighted by Crippen LogP contribution is -1.86. The second-order valence-corrected chi connectivity index (χ2v) is 5.57. The minimum absolute atomic E-state index is 0.263. The molecule has 4 heteroatoms. The van der Waals surface area contributed by atoms with Gasteiger partial charge in [-0.05, 0) is 31.2 Å². The number of nitrogens with zero attached hydrogens (tertiary/aromatic N) is 2. The van der Waals surface area contributed by atoms with Crippen molar-refractivity contribution in [3.63, 3.8) is 0 Å². The summed E-state index contributed by atoms with van der Waals surface area (Å²) >= 11 is 1.41. The van der Waals surface area contributed by atoms with Crippen LogP contribution in [-0.4, -0.2) is 4.98 Å². The molecule has 102 valence electrons. The SMILES string of the molecule is Cc1ccc(F)c(-c2nc(-c3ccc(C#N)cc3)cs2)c1. The zero-order chi connectivity index (χ0) is 14.8. The van der Waals surface area contributed by atoms with Crippen molar-refractivity contribution in [3.05, 3.63) is 64.8 Å². The van der Waals surface area contributed by atoms with Crippen molar-refractivity contribution in [1.29, 1.82) is 5.26 Å². The zero-order valence-corrected chi connectivity index (χ0v) is 12.1. The largest absolute Gasteiger partial charge is 0.236 e. The van der Waals surface area contributed by atoms with Crippen molar-refractivity contribution < 1.29 is 4.39 Å². The Bertz CT molecular complexity index is 829. The highest BCUT2D eigenvalue weighted by molar-refractivity contribution is 7.13. The number of hydrogen-bond donors (Lipinski definition) is 0. The molecule has 2 nitrogen and oxygen atoms in total. The predicted octanol–water partition coefficient (Wildman–Crippen LogP) is 4.80. The average Bonchev–Trinajstić information content (AvgIpc) is 2.99. The Labute approximate surface area is 126 Å². The first-order valence-electron chi connectivity index (χ1n) is 6.40. The van der Waals surface area contributed by atoms with E-state index in [-0.39, 0.29) is 5.82 Å². The summed E-state index contributed by atoms with van der Waals surface area (Å²) in [4.78, 5) is 4.50. The summed E-state index contributed by atoms with van der Waals surface area (Å²) in [5.74, 6) is -0.263. The van der Waals surface area contributed by atoms with Crippen LogP contribution in [0.25, 0.3) is 21.8 Å². The van der Waals surface area contributed by atoms with E-state index in [9.17, 15) is 4.39 Å². The molecule has 3 aromatic rings. The molecule has 0 fully saturated rings. The van der Waals surface area contributed by atoms with E-state index in [0.717, 1.165) is 16.8 Å². The topological polar surface area (TPSA) is 36.7 Å². The number of halogens is 1. The Hall–Kier alpha value is -2.51. The van der Waals surface area contributed by atoms with Crippen LogP contribution in [0.15, 0.2) is 47.8 Å². The lowest BCUT2D eigenvalue weighted by Gasteiger charge is -2.00. The fraction of sp³-hybridized carbons (Fsp3) is 0.0588. The van der Waals surface area contributed by atoms with E-state index in [0.29, 0.717) is 16.1 Å². The van der Waals surface area contributed by atoms with Gasteiger partial charge in [0, 0.05) is 16.5 Å². The molecule has 3 rings (SSSR count). The van der Waals surface area contributed by atoms with E-state index < -0.39 is 0 Å². The molecular formula is C17H11FN2S. The van der Waals surface area contributed by atoms with Gasteiger partial charge >= 0.3 is 0 Å². The van der Waals surface area contributed by atoms with Gasteiger partial charge in [-0.15, -0.1) is 11.3 Å². The van der Waals surface area contributed by atoms with E-state index in [2.05, 4.69) is 11.1 Å². The summed E-state index contributed by atoms with van der Waals surface area (Å²) < 4.78 is 13.9. The molecular weight excluding hydrogens is 283 g/mol. The molecule has 0 amide bonds. The van der Waals surface area contributed by atoms with Gasteiger partial charge in [0.15, 0.2) is 0 Å². The standard InChI is InChI=1S/C17H11FN2S/c1-11-2-7-15(18)14(8-11)17-20-16(10-21-17)13-5-3-12(9-19)4-6-13/h2-8,10H,1H3. The number of thiazole rings is 1. The quantitative estimate of drug-likeness (QED) is 0.681. The van der Waals surface area contributed by atoms with Crippen LogP contribution in [0.3, 0.4) is 0 Å². The maximum Gasteiger partial charge on any atom is 0.133 e. The van der Waals surface area contributed by atoms with E-state index in [1.807, 2.05) is 24.4 Å². The number of nitriles is 1. The summed E-state index contributed by atoms with van der Waals surface area (Å²) in [6, 6.07) is 14.3. The molecule has 0 aliphatic heterocycles. The van der Waals surface area contributed by atoms with E-state index in [4.69, 9.17) is 5.26 Å². The summed E-state index contributed by atoms with van der Waals surface area (Å²) in [5, 5.41) is 11.4. The van der Waals surface area contributed by atoms with E-state index >= 15 is 0 Å². The van der Waals surface area contributed by atoms with Crippen LogP contribution in [0.5, 0.6) is 0 Å². The number of benzene rings is 2. The highest BCUT2D eigenvalue weighted by Gasteiger charge is 2.11. The molecule has 2 aromatic carbocycles. The van der Waals surface area contributed by atoms with Crippen molar-refractivity contribution in [1.82, 2.24) is 4.98 Å². The van der Waals surface area contributed by atoms with Crippen LogP contribution in [0.1, 0.15) is 11.1 Å². The molecule has 1 heterocycles. The Kier molecular flexibility index (Phi) is 3.51. The van der Waals surface area contributed by atoms with Gasteiger partial charge in [-0.25, -0.2) is 9.37 Å². The summed E-state index contributed by atoms with van der Waals surface area (Å²) in [6.07, 6.45) is 0. The molecule has 0 spiro atoms. The third kappa shape index (κ3) is 2.69.